The van der Waals surface area contributed by atoms with Gasteiger partial charge in [-0.1, -0.05) is 12.1 Å². The van der Waals surface area contributed by atoms with Gasteiger partial charge in [0.05, 0.1) is 11.3 Å². The molecule has 0 fully saturated rings. The molecule has 0 saturated carbocycles. The van der Waals surface area contributed by atoms with Crippen LogP contribution in [0.5, 0.6) is 0 Å². The van der Waals surface area contributed by atoms with E-state index in [1.807, 2.05) is 0 Å². The van der Waals surface area contributed by atoms with E-state index in [4.69, 9.17) is 0 Å². The zero-order chi connectivity index (χ0) is 11.8. The van der Waals surface area contributed by atoms with Crippen molar-refractivity contribution in [2.75, 3.05) is 0 Å². The van der Waals surface area contributed by atoms with Gasteiger partial charge in [-0.15, -0.1) is 10.2 Å². The van der Waals surface area contributed by atoms with E-state index in [2.05, 4.69) is 10.2 Å². The number of carbonyl (C=O) groups excluding carboxylic acids is 1. The van der Waals surface area contributed by atoms with Crippen molar-refractivity contribution in [1.29, 1.82) is 0 Å². The lowest BCUT2D eigenvalue weighted by molar-refractivity contribution is -0.137. The molecule has 0 aromatic heterocycles. The first-order valence-corrected chi connectivity index (χ1v) is 4.32. The molecule has 1 aliphatic rings. The monoisotopic (exact) mass is 226 g/mol. The van der Waals surface area contributed by atoms with E-state index < -0.39 is 17.6 Å². The zero-order valence-corrected chi connectivity index (χ0v) is 7.82. The number of azo groups is 1. The Morgan fingerprint density at radius 2 is 1.62 bits per heavy atom. The molecule has 1 heterocycles. The van der Waals surface area contributed by atoms with E-state index in [1.165, 1.54) is 18.2 Å². The van der Waals surface area contributed by atoms with E-state index >= 15 is 0 Å². The van der Waals surface area contributed by atoms with Crippen molar-refractivity contribution < 1.29 is 18.0 Å². The second-order valence-electron chi connectivity index (χ2n) is 3.14. The molecule has 1 aromatic rings. The normalized spacial score (nSPS) is 15.4. The first-order chi connectivity index (χ1) is 7.47. The van der Waals surface area contributed by atoms with Crippen molar-refractivity contribution in [2.45, 2.75) is 6.18 Å². The number of hydrogen-bond donors (Lipinski definition) is 0. The molecule has 2 rings (SSSR count). The lowest BCUT2D eigenvalue weighted by Crippen LogP contribution is -2.04. The summed E-state index contributed by atoms with van der Waals surface area (Å²) < 4.78 is 36.7. The van der Waals surface area contributed by atoms with Crippen LogP contribution in [0.4, 0.5) is 13.2 Å². The second-order valence-corrected chi connectivity index (χ2v) is 3.14. The molecule has 0 radical (unpaired) electrons. The molecule has 6 heteroatoms. The first-order valence-electron chi connectivity index (χ1n) is 4.32. The molecule has 0 bridgehead atoms. The van der Waals surface area contributed by atoms with Crippen molar-refractivity contribution in [3.63, 3.8) is 0 Å². The average molecular weight is 226 g/mol. The molecule has 0 spiro atoms. The van der Waals surface area contributed by atoms with Crippen molar-refractivity contribution in [1.82, 2.24) is 0 Å². The van der Waals surface area contributed by atoms with Crippen LogP contribution in [-0.2, 0) is 11.0 Å². The van der Waals surface area contributed by atoms with Gasteiger partial charge in [0.25, 0.3) is 5.91 Å². The molecule has 16 heavy (non-hydrogen) atoms. The SMILES string of the molecule is O=C1C=C(c2ccc(C(F)(F)F)cc2)N=N1. The lowest BCUT2D eigenvalue weighted by Gasteiger charge is -2.06. The number of nitrogens with zero attached hydrogens (tertiary/aromatic N) is 2. The Hall–Kier alpha value is -1.98. The summed E-state index contributed by atoms with van der Waals surface area (Å²) in [6.45, 7) is 0. The van der Waals surface area contributed by atoms with Crippen LogP contribution in [0.15, 0.2) is 40.6 Å². The second kappa shape index (κ2) is 3.55. The Bertz CT molecular complexity index is 486. The summed E-state index contributed by atoms with van der Waals surface area (Å²) in [6.07, 6.45) is -3.19. The smallest absolute Gasteiger partial charge is 0.266 e. The number of amides is 1. The van der Waals surface area contributed by atoms with Crippen LogP contribution in [0.25, 0.3) is 5.70 Å². The highest BCUT2D eigenvalue weighted by Crippen LogP contribution is 2.30. The minimum absolute atomic E-state index is 0.277. The first kappa shape index (κ1) is 10.5. The number of hydrogen-bond acceptors (Lipinski definition) is 2. The van der Waals surface area contributed by atoms with E-state index in [0.29, 0.717) is 5.56 Å². The Labute approximate surface area is 88.3 Å². The Morgan fingerprint density at radius 3 is 2.06 bits per heavy atom. The standard InChI is InChI=1S/C10H5F3N2O/c11-10(12,13)7-3-1-6(2-4-7)8-5-9(16)15-14-8/h1-5H. The highest BCUT2D eigenvalue weighted by Gasteiger charge is 2.30. The number of benzene rings is 1. The highest BCUT2D eigenvalue weighted by molar-refractivity contribution is 5.98. The number of rotatable bonds is 1. The minimum Gasteiger partial charge on any atom is -0.266 e. The maximum Gasteiger partial charge on any atom is 0.416 e. The lowest BCUT2D eigenvalue weighted by atomic mass is 10.1. The van der Waals surface area contributed by atoms with Gasteiger partial charge in [-0.05, 0) is 12.1 Å². The summed E-state index contributed by atoms with van der Waals surface area (Å²) in [4.78, 5) is 10.7. The Morgan fingerprint density at radius 1 is 1.00 bits per heavy atom. The summed E-state index contributed by atoms with van der Waals surface area (Å²) >= 11 is 0. The third-order valence-corrected chi connectivity index (χ3v) is 2.02. The summed E-state index contributed by atoms with van der Waals surface area (Å²) in [5.74, 6) is -0.505. The summed E-state index contributed by atoms with van der Waals surface area (Å²) in [5, 5.41) is 6.77. The molecule has 3 nitrogen and oxygen atoms in total. The fraction of sp³-hybridized carbons (Fsp3) is 0.100. The van der Waals surface area contributed by atoms with Crippen LogP contribution >= 0.6 is 0 Å². The maximum absolute atomic E-state index is 12.2. The third kappa shape index (κ3) is 2.00. The van der Waals surface area contributed by atoms with Gasteiger partial charge in [0, 0.05) is 11.6 Å². The van der Waals surface area contributed by atoms with Crippen LogP contribution in [0.1, 0.15) is 11.1 Å². The summed E-state index contributed by atoms with van der Waals surface area (Å²) in [6, 6.07) is 4.39. The molecule has 1 aromatic carbocycles. The van der Waals surface area contributed by atoms with Crippen LogP contribution in [0.2, 0.25) is 0 Å². The summed E-state index contributed by atoms with van der Waals surface area (Å²) in [7, 11) is 0. The molecular formula is C10H5F3N2O. The predicted octanol–water partition coefficient (Wildman–Crippen LogP) is 3.04. The quantitative estimate of drug-likeness (QED) is 0.725. The topological polar surface area (TPSA) is 41.8 Å². The van der Waals surface area contributed by atoms with E-state index in [0.717, 1.165) is 12.1 Å². The van der Waals surface area contributed by atoms with Gasteiger partial charge in [0.1, 0.15) is 0 Å². The molecule has 82 valence electrons. The predicted molar refractivity (Wildman–Crippen MR) is 49.3 cm³/mol. The molecule has 0 atom stereocenters. The largest absolute Gasteiger partial charge is 0.416 e. The fourth-order valence-corrected chi connectivity index (χ4v) is 1.25. The van der Waals surface area contributed by atoms with Gasteiger partial charge in [-0.25, -0.2) is 0 Å². The summed E-state index contributed by atoms with van der Waals surface area (Å²) in [5.41, 5.74) is -0.0283. The maximum atomic E-state index is 12.2. The van der Waals surface area contributed by atoms with E-state index in [9.17, 15) is 18.0 Å². The van der Waals surface area contributed by atoms with Crippen molar-refractivity contribution in [2.24, 2.45) is 10.2 Å². The number of halogens is 3. The van der Waals surface area contributed by atoms with Gasteiger partial charge in [0.2, 0.25) is 0 Å². The zero-order valence-electron chi connectivity index (χ0n) is 7.82. The van der Waals surface area contributed by atoms with Crippen LogP contribution in [-0.4, -0.2) is 5.91 Å². The van der Waals surface area contributed by atoms with Gasteiger partial charge >= 0.3 is 6.18 Å². The molecule has 0 N–H and O–H groups in total. The molecule has 0 saturated heterocycles. The van der Waals surface area contributed by atoms with E-state index in [1.54, 1.807) is 0 Å². The van der Waals surface area contributed by atoms with Gasteiger partial charge in [0.15, 0.2) is 0 Å². The fourth-order valence-electron chi connectivity index (χ4n) is 1.25. The number of carbonyl (C=O) groups is 1. The molecule has 0 unspecified atom stereocenters. The van der Waals surface area contributed by atoms with Crippen molar-refractivity contribution >= 4 is 11.6 Å². The van der Waals surface area contributed by atoms with Crippen molar-refractivity contribution in [3.05, 3.63) is 41.5 Å². The molecule has 0 aliphatic carbocycles. The van der Waals surface area contributed by atoms with Gasteiger partial charge in [-0.2, -0.15) is 13.2 Å². The van der Waals surface area contributed by atoms with Crippen LogP contribution < -0.4 is 0 Å². The highest BCUT2D eigenvalue weighted by atomic mass is 19.4. The van der Waals surface area contributed by atoms with Gasteiger partial charge < -0.3 is 0 Å². The van der Waals surface area contributed by atoms with Crippen LogP contribution in [0, 0.1) is 0 Å². The molecule has 1 amide bonds. The van der Waals surface area contributed by atoms with E-state index in [-0.39, 0.29) is 5.70 Å². The van der Waals surface area contributed by atoms with Crippen molar-refractivity contribution in [3.8, 4) is 0 Å². The minimum atomic E-state index is -4.36. The average Bonchev–Trinajstić information content (AvgIpc) is 2.64. The van der Waals surface area contributed by atoms with Crippen LogP contribution in [0.3, 0.4) is 0 Å². The Balaban J connectivity index is 2.31. The number of alkyl halides is 3. The third-order valence-electron chi connectivity index (χ3n) is 2.02. The molecule has 1 aliphatic heterocycles. The van der Waals surface area contributed by atoms with Gasteiger partial charge in [-0.3, -0.25) is 4.79 Å². The Kier molecular flexibility index (Phi) is 2.34. The molecular weight excluding hydrogens is 221 g/mol.